The van der Waals surface area contributed by atoms with Gasteiger partial charge >= 0.3 is 0 Å². The molecule has 1 saturated heterocycles. The molecule has 5 N–H and O–H groups in total. The zero-order chi connectivity index (χ0) is 28.4. The van der Waals surface area contributed by atoms with Crippen LogP contribution in [-0.4, -0.2) is 56.6 Å². The molecule has 0 spiro atoms. The quantitative estimate of drug-likeness (QED) is 0.0850. The van der Waals surface area contributed by atoms with Crippen LogP contribution < -0.4 is 16.1 Å². The number of aromatic nitrogens is 3. The van der Waals surface area contributed by atoms with Crippen LogP contribution in [0.25, 0.3) is 22.3 Å². The molecule has 0 radical (unpaired) electrons. The lowest BCUT2D eigenvalue weighted by Crippen LogP contribution is -2.42. The molecule has 1 atom stereocenters. The molecule has 2 aromatic heterocycles. The van der Waals surface area contributed by atoms with Gasteiger partial charge in [0.2, 0.25) is 5.91 Å². The molecule has 41 heavy (non-hydrogen) atoms. The van der Waals surface area contributed by atoms with Crippen LogP contribution in [0.2, 0.25) is 0 Å². The van der Waals surface area contributed by atoms with Gasteiger partial charge in [0, 0.05) is 30.7 Å². The highest BCUT2D eigenvalue weighted by atomic mass is 16.5. The highest BCUT2D eigenvalue weighted by molar-refractivity contribution is 5.91. The maximum atomic E-state index is 11.1. The van der Waals surface area contributed by atoms with Gasteiger partial charge in [-0.3, -0.25) is 14.9 Å². The topological polar surface area (TPSA) is 118 Å². The van der Waals surface area contributed by atoms with Crippen molar-refractivity contribution in [2.45, 2.75) is 64.1 Å². The first-order valence-electron chi connectivity index (χ1n) is 14.7. The first-order chi connectivity index (χ1) is 20.1. The maximum absolute atomic E-state index is 11.1. The van der Waals surface area contributed by atoms with Crippen LogP contribution in [0.3, 0.4) is 0 Å². The van der Waals surface area contributed by atoms with E-state index in [1.807, 2.05) is 6.07 Å². The second kappa shape index (κ2) is 14.2. The summed E-state index contributed by atoms with van der Waals surface area (Å²) >= 11 is 0. The number of carbonyl (C=O) groups is 1. The van der Waals surface area contributed by atoms with Crippen LogP contribution in [0.4, 0.5) is 5.82 Å². The molecule has 0 aliphatic carbocycles. The van der Waals surface area contributed by atoms with E-state index in [1.54, 1.807) is 11.8 Å². The van der Waals surface area contributed by atoms with Crippen molar-refractivity contribution in [1.29, 1.82) is 0 Å². The fourth-order valence-corrected chi connectivity index (χ4v) is 5.53. The molecule has 0 saturated carbocycles. The molecule has 0 unspecified atom stereocenters. The van der Waals surface area contributed by atoms with Crippen molar-refractivity contribution in [1.82, 2.24) is 30.6 Å². The van der Waals surface area contributed by atoms with E-state index in [4.69, 9.17) is 5.21 Å². The fraction of sp³-hybridized carbons (Fsp3) is 0.406. The molecule has 9 heteroatoms. The maximum Gasteiger partial charge on any atom is 0.243 e. The van der Waals surface area contributed by atoms with Crippen LogP contribution in [0.1, 0.15) is 62.6 Å². The monoisotopic (exact) mass is 555 g/mol. The van der Waals surface area contributed by atoms with Gasteiger partial charge in [-0.1, -0.05) is 61.0 Å². The van der Waals surface area contributed by atoms with Gasteiger partial charge in [-0.05, 0) is 75.0 Å². The number of H-pyrrole nitrogens is 1. The van der Waals surface area contributed by atoms with Crippen molar-refractivity contribution in [2.75, 3.05) is 25.0 Å². The molecule has 2 aromatic carbocycles. The number of nitrogens with zero attached hydrogens (tertiary/aromatic N) is 3. The Bertz CT molecular complexity index is 1380. The lowest BCUT2D eigenvalue weighted by Gasteiger charge is -2.32. The highest BCUT2D eigenvalue weighted by Gasteiger charge is 2.19. The molecule has 3 heterocycles. The van der Waals surface area contributed by atoms with Crippen LogP contribution in [0.15, 0.2) is 67.0 Å². The number of likely N-dealkylation sites (tertiary alicyclic amines) is 1. The number of aromatic amines is 1. The molecule has 1 aliphatic heterocycles. The number of hydrogen-bond acceptors (Lipinski definition) is 7. The number of rotatable bonds is 13. The van der Waals surface area contributed by atoms with Gasteiger partial charge in [0.25, 0.3) is 0 Å². The van der Waals surface area contributed by atoms with Crippen molar-refractivity contribution in [3.63, 3.8) is 0 Å². The van der Waals surface area contributed by atoms with E-state index in [2.05, 4.69) is 92.0 Å². The molecule has 5 rings (SSSR count). The second-order valence-corrected chi connectivity index (χ2v) is 11.0. The van der Waals surface area contributed by atoms with Gasteiger partial charge in [0.05, 0.1) is 5.39 Å². The van der Waals surface area contributed by atoms with Gasteiger partial charge < -0.3 is 15.6 Å². The average Bonchev–Trinajstić information content (AvgIpc) is 3.46. The first kappa shape index (κ1) is 28.7. The fourth-order valence-electron chi connectivity index (χ4n) is 5.53. The standard InChI is InChI=1S/C32H41N7O2/c1-23(25-8-4-2-5-9-25)36-31-28-20-29(37-32(28)35-22-34-31)26-13-11-24(12-14-26)21-39-18-15-27(16-19-39)33-17-7-3-6-10-30(40)38-41/h2,4-5,8-9,11-14,20,22-23,27,33,41H,3,6-7,10,15-19,21H2,1H3,(H,38,40)(H2,34,35,36,37)/t23-/m1/s1. The Morgan fingerprint density at radius 1 is 1.05 bits per heavy atom. The van der Waals surface area contributed by atoms with Gasteiger partial charge in [0.15, 0.2) is 0 Å². The lowest BCUT2D eigenvalue weighted by molar-refractivity contribution is -0.129. The number of anilines is 1. The smallest absolute Gasteiger partial charge is 0.243 e. The van der Waals surface area contributed by atoms with Crippen molar-refractivity contribution in [3.05, 3.63) is 78.1 Å². The number of carbonyl (C=O) groups excluding carboxylic acids is 1. The van der Waals surface area contributed by atoms with E-state index in [9.17, 15) is 4.79 Å². The van der Waals surface area contributed by atoms with Crippen molar-refractivity contribution in [2.24, 2.45) is 0 Å². The Balaban J connectivity index is 1.10. The summed E-state index contributed by atoms with van der Waals surface area (Å²) in [6, 6.07) is 22.0. The summed E-state index contributed by atoms with van der Waals surface area (Å²) in [5.74, 6) is 0.527. The SMILES string of the molecule is C[C@@H](Nc1ncnc2[nH]c(-c3ccc(CN4CCC(NCCCCCC(=O)NO)CC4)cc3)cc12)c1ccccc1. The van der Waals surface area contributed by atoms with Crippen LogP contribution in [-0.2, 0) is 11.3 Å². The van der Waals surface area contributed by atoms with E-state index >= 15 is 0 Å². The number of amides is 1. The Morgan fingerprint density at radius 2 is 1.83 bits per heavy atom. The number of fused-ring (bicyclic) bond motifs is 1. The van der Waals surface area contributed by atoms with E-state index in [-0.39, 0.29) is 11.9 Å². The lowest BCUT2D eigenvalue weighted by atomic mass is 10.0. The van der Waals surface area contributed by atoms with Crippen molar-refractivity contribution < 1.29 is 10.0 Å². The molecule has 0 bridgehead atoms. The molecule has 1 fully saturated rings. The summed E-state index contributed by atoms with van der Waals surface area (Å²) in [4.78, 5) is 26.1. The first-order valence-corrected chi connectivity index (χ1v) is 14.7. The normalized spacial score (nSPS) is 15.2. The van der Waals surface area contributed by atoms with E-state index in [0.717, 1.165) is 86.4 Å². The Labute approximate surface area is 241 Å². The van der Waals surface area contributed by atoms with Gasteiger partial charge in [-0.2, -0.15) is 0 Å². The number of hydrogen-bond donors (Lipinski definition) is 5. The molecule has 1 aliphatic rings. The van der Waals surface area contributed by atoms with Crippen LogP contribution in [0, 0.1) is 0 Å². The minimum Gasteiger partial charge on any atom is -0.363 e. The van der Waals surface area contributed by atoms with Crippen molar-refractivity contribution in [3.8, 4) is 11.3 Å². The third kappa shape index (κ3) is 7.91. The molecule has 1 amide bonds. The summed E-state index contributed by atoms with van der Waals surface area (Å²) in [6.45, 7) is 6.27. The number of hydroxylamine groups is 1. The molecule has 4 aromatic rings. The van der Waals surface area contributed by atoms with Crippen LogP contribution in [0.5, 0.6) is 0 Å². The summed E-state index contributed by atoms with van der Waals surface area (Å²) < 4.78 is 0. The summed E-state index contributed by atoms with van der Waals surface area (Å²) in [5.41, 5.74) is 7.22. The predicted octanol–water partition coefficient (Wildman–Crippen LogP) is 5.42. The third-order valence-electron chi connectivity index (χ3n) is 7.98. The zero-order valence-corrected chi connectivity index (χ0v) is 23.8. The largest absolute Gasteiger partial charge is 0.363 e. The molecular formula is C32H41N7O2. The highest BCUT2D eigenvalue weighted by Crippen LogP contribution is 2.29. The predicted molar refractivity (Wildman–Crippen MR) is 163 cm³/mol. The number of nitrogens with one attached hydrogen (secondary N) is 4. The summed E-state index contributed by atoms with van der Waals surface area (Å²) in [6.07, 6.45) is 7.16. The molecule has 9 nitrogen and oxygen atoms in total. The van der Waals surface area contributed by atoms with E-state index in [1.165, 1.54) is 11.1 Å². The summed E-state index contributed by atoms with van der Waals surface area (Å²) in [7, 11) is 0. The third-order valence-corrected chi connectivity index (χ3v) is 7.98. The van der Waals surface area contributed by atoms with Gasteiger partial charge in [-0.15, -0.1) is 0 Å². The zero-order valence-electron chi connectivity index (χ0n) is 23.8. The second-order valence-electron chi connectivity index (χ2n) is 11.0. The van der Waals surface area contributed by atoms with E-state index in [0.29, 0.717) is 12.5 Å². The number of piperidine rings is 1. The number of benzene rings is 2. The van der Waals surface area contributed by atoms with Crippen molar-refractivity contribution >= 4 is 22.8 Å². The van der Waals surface area contributed by atoms with Gasteiger partial charge in [-0.25, -0.2) is 15.4 Å². The number of unbranched alkanes of at least 4 members (excludes halogenated alkanes) is 2. The van der Waals surface area contributed by atoms with Crippen LogP contribution >= 0.6 is 0 Å². The minimum atomic E-state index is -0.302. The van der Waals surface area contributed by atoms with Gasteiger partial charge in [0.1, 0.15) is 17.8 Å². The Kier molecular flexibility index (Phi) is 9.96. The summed E-state index contributed by atoms with van der Waals surface area (Å²) in [5, 5.41) is 16.7. The molecular weight excluding hydrogens is 514 g/mol. The average molecular weight is 556 g/mol. The Morgan fingerprint density at radius 3 is 2.59 bits per heavy atom. The van der Waals surface area contributed by atoms with E-state index < -0.39 is 0 Å². The minimum absolute atomic E-state index is 0.131. The molecule has 216 valence electrons. The Hall–Kier alpha value is -3.79.